The van der Waals surface area contributed by atoms with Gasteiger partial charge in [0.1, 0.15) is 11.5 Å². The van der Waals surface area contributed by atoms with Gasteiger partial charge in [0.25, 0.3) is 0 Å². The average molecular weight is 348 g/mol. The predicted molar refractivity (Wildman–Crippen MR) is 86.8 cm³/mol. The quantitative estimate of drug-likeness (QED) is 0.810. The fourth-order valence-corrected chi connectivity index (χ4v) is 2.96. The minimum atomic E-state index is 0.225. The molecule has 1 aliphatic rings. The third kappa shape index (κ3) is 3.64. The molecule has 0 radical (unpaired) electrons. The number of benzene rings is 1. The van der Waals surface area contributed by atoms with Crippen molar-refractivity contribution in [1.82, 2.24) is 5.32 Å². The Kier molecular flexibility index (Phi) is 4.58. The second kappa shape index (κ2) is 6.60. The third-order valence-electron chi connectivity index (χ3n) is 3.72. The summed E-state index contributed by atoms with van der Waals surface area (Å²) < 4.78 is 6.92. The number of nitrogens with one attached hydrogen (secondary N) is 1. The summed E-state index contributed by atoms with van der Waals surface area (Å²) in [7, 11) is 0. The van der Waals surface area contributed by atoms with Gasteiger partial charge in [-0.3, -0.25) is 0 Å². The zero-order valence-electron chi connectivity index (χ0n) is 11.6. The molecule has 2 N–H and O–H groups in total. The largest absolute Gasteiger partial charge is 0.460 e. The molecule has 4 heteroatoms. The lowest BCUT2D eigenvalue weighted by atomic mass is 10.1. The van der Waals surface area contributed by atoms with Gasteiger partial charge in [0.05, 0.1) is 6.54 Å². The van der Waals surface area contributed by atoms with Gasteiger partial charge in [-0.15, -0.1) is 0 Å². The van der Waals surface area contributed by atoms with Crippen molar-refractivity contribution in [2.24, 2.45) is 5.92 Å². The second-order valence-corrected chi connectivity index (χ2v) is 6.24. The van der Waals surface area contributed by atoms with Gasteiger partial charge >= 0.3 is 0 Å². The molecular weight excluding hydrogens is 330 g/mol. The van der Waals surface area contributed by atoms with Crippen molar-refractivity contribution in [3.63, 3.8) is 0 Å². The summed E-state index contributed by atoms with van der Waals surface area (Å²) in [5.74, 6) is 2.09. The van der Waals surface area contributed by atoms with Gasteiger partial charge < -0.3 is 14.8 Å². The second-order valence-electron chi connectivity index (χ2n) is 5.33. The maximum absolute atomic E-state index is 9.12. The molecule has 0 aliphatic heterocycles. The number of furan rings is 1. The van der Waals surface area contributed by atoms with Crippen molar-refractivity contribution >= 4 is 15.9 Å². The number of aliphatic hydroxyl groups excluding tert-OH is 1. The van der Waals surface area contributed by atoms with Crippen LogP contribution in [0.4, 0.5) is 0 Å². The zero-order valence-corrected chi connectivity index (χ0v) is 13.2. The van der Waals surface area contributed by atoms with Crippen molar-refractivity contribution in [3.05, 3.63) is 58.8 Å². The minimum Gasteiger partial charge on any atom is -0.460 e. The van der Waals surface area contributed by atoms with Crippen LogP contribution in [0.15, 0.2) is 57.4 Å². The lowest BCUT2D eigenvalue weighted by Gasteiger charge is -2.11. The highest BCUT2D eigenvalue weighted by Gasteiger charge is 2.17. The summed E-state index contributed by atoms with van der Waals surface area (Å²) in [6.45, 7) is 0.920. The Hall–Kier alpha value is -1.36. The van der Waals surface area contributed by atoms with E-state index in [0.29, 0.717) is 12.6 Å². The van der Waals surface area contributed by atoms with Crippen LogP contribution in [0.2, 0.25) is 0 Å². The molecule has 0 saturated heterocycles. The zero-order chi connectivity index (χ0) is 14.7. The molecule has 1 heterocycles. The van der Waals surface area contributed by atoms with Gasteiger partial charge in [-0.1, -0.05) is 40.2 Å². The Morgan fingerprint density at radius 3 is 2.90 bits per heavy atom. The number of aliphatic hydroxyl groups is 1. The summed E-state index contributed by atoms with van der Waals surface area (Å²) in [6.07, 6.45) is 5.15. The molecule has 0 fully saturated rings. The van der Waals surface area contributed by atoms with Crippen molar-refractivity contribution in [1.29, 1.82) is 0 Å². The first-order valence-electron chi connectivity index (χ1n) is 7.12. The number of hydrogen-bond acceptors (Lipinski definition) is 3. The highest BCUT2D eigenvalue weighted by Crippen LogP contribution is 2.25. The maximum atomic E-state index is 9.12. The van der Waals surface area contributed by atoms with Gasteiger partial charge in [-0.2, -0.15) is 0 Å². The van der Waals surface area contributed by atoms with E-state index in [9.17, 15) is 0 Å². The lowest BCUT2D eigenvalue weighted by Crippen LogP contribution is -2.25. The van der Waals surface area contributed by atoms with E-state index < -0.39 is 0 Å². The van der Waals surface area contributed by atoms with E-state index in [2.05, 4.69) is 33.4 Å². The smallest absolute Gasteiger partial charge is 0.134 e. The maximum Gasteiger partial charge on any atom is 0.134 e. The van der Waals surface area contributed by atoms with Crippen LogP contribution < -0.4 is 5.32 Å². The molecule has 0 spiro atoms. The van der Waals surface area contributed by atoms with Crippen LogP contribution >= 0.6 is 15.9 Å². The standard InChI is InChI=1S/C17H18BrNO2/c18-14-3-1-2-13(9-14)17-7-6-16(21-17)10-19-15-5-4-12(8-15)11-20/h1-7,9,12,15,19-20H,8,10-11H2/t12-,15+/m0/s1. The molecular formula is C17H18BrNO2. The molecule has 2 aromatic rings. The summed E-state index contributed by atoms with van der Waals surface area (Å²) in [4.78, 5) is 0. The summed E-state index contributed by atoms with van der Waals surface area (Å²) >= 11 is 3.47. The van der Waals surface area contributed by atoms with Crippen molar-refractivity contribution in [2.45, 2.75) is 19.0 Å². The first-order chi connectivity index (χ1) is 10.2. The Labute approximate surface area is 132 Å². The normalized spacial score (nSPS) is 21.0. The van der Waals surface area contributed by atoms with Gasteiger partial charge in [-0.05, 0) is 30.7 Å². The van der Waals surface area contributed by atoms with Crippen LogP contribution in [-0.4, -0.2) is 17.8 Å². The van der Waals surface area contributed by atoms with E-state index in [1.807, 2.05) is 36.4 Å². The fourth-order valence-electron chi connectivity index (χ4n) is 2.56. The fraction of sp³-hybridized carbons (Fsp3) is 0.294. The van der Waals surface area contributed by atoms with Crippen molar-refractivity contribution < 1.29 is 9.52 Å². The molecule has 1 aliphatic carbocycles. The Morgan fingerprint density at radius 2 is 2.14 bits per heavy atom. The molecule has 1 aromatic carbocycles. The minimum absolute atomic E-state index is 0.225. The molecule has 0 bridgehead atoms. The third-order valence-corrected chi connectivity index (χ3v) is 4.21. The molecule has 0 amide bonds. The molecule has 0 saturated carbocycles. The molecule has 21 heavy (non-hydrogen) atoms. The van der Waals surface area contributed by atoms with Gasteiger partial charge in [0, 0.05) is 28.6 Å². The van der Waals surface area contributed by atoms with Crippen LogP contribution in [0.25, 0.3) is 11.3 Å². The SMILES string of the molecule is OC[C@H]1C=C[C@@H](NCc2ccc(-c3cccc(Br)c3)o2)C1. The van der Waals surface area contributed by atoms with Crippen molar-refractivity contribution in [3.8, 4) is 11.3 Å². The molecule has 3 nitrogen and oxygen atoms in total. The van der Waals surface area contributed by atoms with E-state index in [1.54, 1.807) is 0 Å². The van der Waals surface area contributed by atoms with E-state index >= 15 is 0 Å². The molecule has 110 valence electrons. The Morgan fingerprint density at radius 1 is 1.24 bits per heavy atom. The van der Waals surface area contributed by atoms with E-state index in [1.165, 1.54) is 0 Å². The topological polar surface area (TPSA) is 45.4 Å². The summed E-state index contributed by atoms with van der Waals surface area (Å²) in [5, 5.41) is 12.6. The van der Waals surface area contributed by atoms with Gasteiger partial charge in [0.2, 0.25) is 0 Å². The van der Waals surface area contributed by atoms with Crippen LogP contribution in [0.1, 0.15) is 12.2 Å². The number of rotatable bonds is 5. The molecule has 2 atom stereocenters. The molecule has 0 unspecified atom stereocenters. The van der Waals surface area contributed by atoms with E-state index in [4.69, 9.17) is 9.52 Å². The number of halogens is 1. The van der Waals surface area contributed by atoms with Crippen LogP contribution in [-0.2, 0) is 6.54 Å². The summed E-state index contributed by atoms with van der Waals surface area (Å²) in [6, 6.07) is 12.4. The van der Waals surface area contributed by atoms with Crippen LogP contribution in [0.5, 0.6) is 0 Å². The monoisotopic (exact) mass is 347 g/mol. The number of hydrogen-bond donors (Lipinski definition) is 2. The predicted octanol–water partition coefficient (Wildman–Crippen LogP) is 3.74. The van der Waals surface area contributed by atoms with Crippen LogP contribution in [0.3, 0.4) is 0 Å². The highest BCUT2D eigenvalue weighted by molar-refractivity contribution is 9.10. The summed E-state index contributed by atoms with van der Waals surface area (Å²) in [5.41, 5.74) is 1.07. The van der Waals surface area contributed by atoms with Gasteiger partial charge in [0.15, 0.2) is 0 Å². The average Bonchev–Trinajstić information content (AvgIpc) is 3.14. The highest BCUT2D eigenvalue weighted by atomic mass is 79.9. The first-order valence-corrected chi connectivity index (χ1v) is 7.91. The van der Waals surface area contributed by atoms with Gasteiger partial charge in [-0.25, -0.2) is 0 Å². The molecule has 1 aromatic heterocycles. The van der Waals surface area contributed by atoms with Crippen LogP contribution in [0, 0.1) is 5.92 Å². The van der Waals surface area contributed by atoms with E-state index in [0.717, 1.165) is 28.0 Å². The first kappa shape index (κ1) is 14.6. The molecule has 3 rings (SSSR count). The Balaban J connectivity index is 1.60. The van der Waals surface area contributed by atoms with E-state index in [-0.39, 0.29) is 12.5 Å². The van der Waals surface area contributed by atoms with Crippen molar-refractivity contribution in [2.75, 3.05) is 6.61 Å². The Bertz CT molecular complexity index is 635. The lowest BCUT2D eigenvalue weighted by molar-refractivity contribution is 0.246.